The molecule has 2 aromatic rings. The van der Waals surface area contributed by atoms with Gasteiger partial charge in [-0.15, -0.1) is 0 Å². The molecule has 0 saturated heterocycles. The van der Waals surface area contributed by atoms with Gasteiger partial charge in [-0.3, -0.25) is 0 Å². The van der Waals surface area contributed by atoms with Crippen LogP contribution in [0.1, 0.15) is 39.5 Å². The van der Waals surface area contributed by atoms with Crippen LogP contribution in [0.3, 0.4) is 0 Å². The van der Waals surface area contributed by atoms with E-state index in [1.54, 1.807) is 0 Å². The van der Waals surface area contributed by atoms with E-state index in [1.807, 2.05) is 0 Å². The van der Waals surface area contributed by atoms with Crippen molar-refractivity contribution in [1.82, 2.24) is 9.57 Å². The van der Waals surface area contributed by atoms with Crippen molar-refractivity contribution in [3.63, 3.8) is 0 Å². The molecule has 0 aromatic heterocycles. The highest BCUT2D eigenvalue weighted by Gasteiger charge is 2.32. The smallest absolute Gasteiger partial charge is 0.105 e. The number of unbranched alkanes of at least 4 members (excludes halogenated alkanes) is 1. The lowest BCUT2D eigenvalue weighted by atomic mass is 10.2. The first-order chi connectivity index (χ1) is 12.3. The van der Waals surface area contributed by atoms with Crippen molar-refractivity contribution >= 4 is 18.7 Å². The lowest BCUT2D eigenvalue weighted by molar-refractivity contribution is 0.205. The van der Waals surface area contributed by atoms with E-state index in [4.69, 9.17) is 0 Å². The van der Waals surface area contributed by atoms with Crippen LogP contribution in [-0.4, -0.2) is 22.3 Å². The Morgan fingerprint density at radius 3 is 1.92 bits per heavy atom. The molecule has 3 rings (SSSR count). The Labute approximate surface area is 154 Å². The Bertz CT molecular complexity index is 617. The van der Waals surface area contributed by atoms with E-state index >= 15 is 0 Å². The molecule has 0 spiro atoms. The van der Waals surface area contributed by atoms with Gasteiger partial charge in [0.25, 0.3) is 0 Å². The molecule has 1 aliphatic rings. The van der Waals surface area contributed by atoms with Crippen LogP contribution in [0.5, 0.6) is 0 Å². The summed E-state index contributed by atoms with van der Waals surface area (Å²) in [6.07, 6.45) is 10.0. The highest BCUT2D eigenvalue weighted by molar-refractivity contribution is 7.70. The SMILES string of the molecule is CCCCN1C=CN(P(c2ccccc2)c2ccccc2)C1CCC. The van der Waals surface area contributed by atoms with Gasteiger partial charge in [-0.1, -0.05) is 87.4 Å². The van der Waals surface area contributed by atoms with Gasteiger partial charge in [0.1, 0.15) is 6.17 Å². The number of nitrogens with zero attached hydrogens (tertiary/aromatic N) is 2. The van der Waals surface area contributed by atoms with Crippen molar-refractivity contribution in [3.8, 4) is 0 Å². The lowest BCUT2D eigenvalue weighted by Crippen LogP contribution is -2.39. The third kappa shape index (κ3) is 4.25. The van der Waals surface area contributed by atoms with E-state index in [9.17, 15) is 0 Å². The zero-order valence-corrected chi connectivity index (χ0v) is 16.3. The Morgan fingerprint density at radius 2 is 1.40 bits per heavy atom. The van der Waals surface area contributed by atoms with E-state index in [0.717, 1.165) is 6.54 Å². The van der Waals surface area contributed by atoms with Gasteiger partial charge in [0, 0.05) is 29.6 Å². The highest BCUT2D eigenvalue weighted by Crippen LogP contribution is 2.44. The average molecular weight is 352 g/mol. The van der Waals surface area contributed by atoms with E-state index in [0.29, 0.717) is 6.17 Å². The summed E-state index contributed by atoms with van der Waals surface area (Å²) in [5, 5.41) is 2.85. The fraction of sp³-hybridized carbons (Fsp3) is 0.364. The molecule has 0 fully saturated rings. The van der Waals surface area contributed by atoms with Gasteiger partial charge >= 0.3 is 0 Å². The van der Waals surface area contributed by atoms with Crippen LogP contribution in [0, 0.1) is 0 Å². The van der Waals surface area contributed by atoms with E-state index in [2.05, 4.69) is 96.5 Å². The van der Waals surface area contributed by atoms with Crippen molar-refractivity contribution in [2.75, 3.05) is 6.54 Å². The van der Waals surface area contributed by atoms with Crippen LogP contribution in [0.15, 0.2) is 73.1 Å². The average Bonchev–Trinajstić information content (AvgIpc) is 3.05. The van der Waals surface area contributed by atoms with Crippen molar-refractivity contribution in [1.29, 1.82) is 0 Å². The predicted octanol–water partition coefficient (Wildman–Crippen LogP) is 5.05. The van der Waals surface area contributed by atoms with E-state index in [-0.39, 0.29) is 0 Å². The van der Waals surface area contributed by atoms with Crippen molar-refractivity contribution in [2.24, 2.45) is 0 Å². The fourth-order valence-corrected chi connectivity index (χ4v) is 5.83. The summed E-state index contributed by atoms with van der Waals surface area (Å²) >= 11 is 0. The van der Waals surface area contributed by atoms with Crippen molar-refractivity contribution in [3.05, 3.63) is 73.1 Å². The van der Waals surface area contributed by atoms with Crippen LogP contribution in [-0.2, 0) is 0 Å². The summed E-state index contributed by atoms with van der Waals surface area (Å²) in [5.74, 6) is 0. The molecule has 2 aromatic carbocycles. The maximum Gasteiger partial charge on any atom is 0.105 e. The minimum absolute atomic E-state index is 0.475. The normalized spacial score (nSPS) is 16.8. The number of rotatable bonds is 8. The van der Waals surface area contributed by atoms with Crippen LogP contribution in [0.4, 0.5) is 0 Å². The molecule has 0 amide bonds. The lowest BCUT2D eigenvalue weighted by Gasteiger charge is -2.38. The number of hydrogen-bond donors (Lipinski definition) is 0. The Kier molecular flexibility index (Phi) is 6.53. The summed E-state index contributed by atoms with van der Waals surface area (Å²) in [5.41, 5.74) is 0. The molecule has 1 aliphatic heterocycles. The molecule has 0 N–H and O–H groups in total. The first kappa shape index (κ1) is 18.0. The predicted molar refractivity (Wildman–Crippen MR) is 110 cm³/mol. The molecular weight excluding hydrogens is 323 g/mol. The van der Waals surface area contributed by atoms with Gasteiger partial charge in [-0.05, 0) is 12.8 Å². The minimum Gasteiger partial charge on any atom is -0.356 e. The summed E-state index contributed by atoms with van der Waals surface area (Å²) in [6, 6.07) is 22.0. The van der Waals surface area contributed by atoms with Crippen LogP contribution in [0.25, 0.3) is 0 Å². The standard InChI is InChI=1S/C22H29N2P/c1-3-5-17-23-18-19-24(22(23)12-4-2)25(20-13-8-6-9-14-20)21-15-10-7-11-16-21/h6-11,13-16,18-19,22H,3-5,12,17H2,1-2H3. The van der Waals surface area contributed by atoms with Gasteiger partial charge in [0.15, 0.2) is 0 Å². The van der Waals surface area contributed by atoms with Crippen LogP contribution >= 0.6 is 8.07 Å². The molecule has 1 atom stereocenters. The zero-order valence-electron chi connectivity index (χ0n) is 15.4. The van der Waals surface area contributed by atoms with E-state index < -0.39 is 8.07 Å². The molecule has 0 bridgehead atoms. The molecule has 132 valence electrons. The third-order valence-corrected chi connectivity index (χ3v) is 7.08. The quantitative estimate of drug-likeness (QED) is 0.614. The van der Waals surface area contributed by atoms with Crippen molar-refractivity contribution in [2.45, 2.75) is 45.7 Å². The molecule has 25 heavy (non-hydrogen) atoms. The molecule has 1 heterocycles. The van der Waals surface area contributed by atoms with Gasteiger partial charge in [0.05, 0.1) is 8.07 Å². The zero-order chi connectivity index (χ0) is 17.5. The molecule has 0 aliphatic carbocycles. The van der Waals surface area contributed by atoms with Gasteiger partial charge in [-0.2, -0.15) is 0 Å². The molecular formula is C22H29N2P. The molecule has 2 nitrogen and oxygen atoms in total. The second-order valence-electron chi connectivity index (χ2n) is 6.52. The number of benzene rings is 2. The Balaban J connectivity index is 1.94. The number of hydrogen-bond acceptors (Lipinski definition) is 2. The van der Waals surface area contributed by atoms with Crippen LogP contribution in [0.2, 0.25) is 0 Å². The maximum absolute atomic E-state index is 2.62. The maximum atomic E-state index is 2.62. The highest BCUT2D eigenvalue weighted by atomic mass is 31.1. The first-order valence-corrected chi connectivity index (χ1v) is 10.8. The van der Waals surface area contributed by atoms with E-state index in [1.165, 1.54) is 36.3 Å². The molecule has 3 heteroatoms. The monoisotopic (exact) mass is 352 g/mol. The third-order valence-electron chi connectivity index (χ3n) is 4.65. The van der Waals surface area contributed by atoms with Crippen LogP contribution < -0.4 is 10.6 Å². The van der Waals surface area contributed by atoms with Crippen molar-refractivity contribution < 1.29 is 0 Å². The fourth-order valence-electron chi connectivity index (χ4n) is 3.38. The summed E-state index contributed by atoms with van der Waals surface area (Å²) in [7, 11) is -0.540. The molecule has 0 saturated carbocycles. The minimum atomic E-state index is -0.540. The first-order valence-electron chi connectivity index (χ1n) is 9.47. The largest absolute Gasteiger partial charge is 0.356 e. The van der Waals surface area contributed by atoms with Gasteiger partial charge in [-0.25, -0.2) is 0 Å². The second kappa shape index (κ2) is 9.06. The summed E-state index contributed by atoms with van der Waals surface area (Å²) in [4.78, 5) is 2.55. The molecule has 0 radical (unpaired) electrons. The summed E-state index contributed by atoms with van der Waals surface area (Å²) < 4.78 is 2.62. The topological polar surface area (TPSA) is 6.48 Å². The van der Waals surface area contributed by atoms with Gasteiger partial charge in [0.2, 0.25) is 0 Å². The summed E-state index contributed by atoms with van der Waals surface area (Å²) in [6.45, 7) is 5.72. The molecule has 1 unspecified atom stereocenters. The van der Waals surface area contributed by atoms with Gasteiger partial charge < -0.3 is 9.57 Å². The Hall–Kier alpha value is -1.79. The second-order valence-corrected chi connectivity index (χ2v) is 8.64. The Morgan fingerprint density at radius 1 is 0.800 bits per heavy atom.